The first-order valence-corrected chi connectivity index (χ1v) is 5.90. The van der Waals surface area contributed by atoms with Crippen LogP contribution in [0.4, 0.5) is 0 Å². The third-order valence-corrected chi connectivity index (χ3v) is 0.471. The lowest BCUT2D eigenvalue weighted by Gasteiger charge is -1.84. The molecule has 0 aromatic carbocycles. The van der Waals surface area contributed by atoms with Crippen LogP contribution in [0.5, 0.6) is 0 Å². The number of hydrogen-bond acceptors (Lipinski definition) is 0. The molecule has 0 radical (unpaired) electrons. The van der Waals surface area contributed by atoms with Gasteiger partial charge in [-0.2, -0.15) is 0 Å². The highest BCUT2D eigenvalue weighted by Gasteiger charge is 1.73. The van der Waals surface area contributed by atoms with Crippen LogP contribution in [0.1, 0.15) is 69.2 Å². The van der Waals surface area contributed by atoms with Crippen molar-refractivity contribution in [1.82, 2.24) is 0 Å². The Bertz CT molecular complexity index is 27.0. The zero-order valence-corrected chi connectivity index (χ0v) is 11.9. The molecule has 0 saturated carbocycles. The molecule has 0 aliphatic rings. The monoisotopic (exact) mass is 190 g/mol. The molecule has 0 spiro atoms. The van der Waals surface area contributed by atoms with Gasteiger partial charge in [-0.15, -0.1) is 6.58 Å². The molecule has 0 heterocycles. The molecule has 0 aromatic rings. The molecule has 0 heteroatoms. The van der Waals surface area contributed by atoms with E-state index in [4.69, 9.17) is 0 Å². The van der Waals surface area contributed by atoms with Gasteiger partial charge in [0.2, 0.25) is 0 Å². The number of allylic oxidation sites excluding steroid dienone is 1. The fourth-order valence-corrected chi connectivity index (χ4v) is 0. The minimum absolute atomic E-state index is 0.648. The van der Waals surface area contributed by atoms with E-state index in [1.807, 2.05) is 61.5 Å². The van der Waals surface area contributed by atoms with Crippen molar-refractivity contribution in [3.05, 3.63) is 12.7 Å². The second kappa shape index (κ2) is 96.8. The largest absolute Gasteiger partial charge is 0.103 e. The average molecular weight is 190 g/mol. The molecule has 0 amide bonds. The Morgan fingerprint density at radius 3 is 0.769 bits per heavy atom. The summed E-state index contributed by atoms with van der Waals surface area (Å²) in [6, 6.07) is 0. The van der Waals surface area contributed by atoms with Gasteiger partial charge in [0.25, 0.3) is 0 Å². The molecule has 0 N–H and O–H groups in total. The van der Waals surface area contributed by atoms with E-state index >= 15 is 0 Å². The van der Waals surface area contributed by atoms with E-state index in [9.17, 15) is 0 Å². The average Bonchev–Trinajstić information content (AvgIpc) is 2.29. The second-order valence-electron chi connectivity index (χ2n) is 1.48. The Morgan fingerprint density at radius 2 is 0.769 bits per heavy atom. The lowest BCUT2D eigenvalue weighted by Crippen LogP contribution is -1.71. The van der Waals surface area contributed by atoms with Crippen molar-refractivity contribution in [2.75, 3.05) is 0 Å². The molecule has 0 aromatic heterocycles. The van der Waals surface area contributed by atoms with Crippen LogP contribution < -0.4 is 0 Å². The summed E-state index contributed by atoms with van der Waals surface area (Å²) in [5.74, 6) is 0.648. The van der Waals surface area contributed by atoms with Crippen molar-refractivity contribution in [2.24, 2.45) is 5.92 Å². The van der Waals surface area contributed by atoms with Crippen molar-refractivity contribution >= 4 is 0 Å². The van der Waals surface area contributed by atoms with Gasteiger partial charge in [0, 0.05) is 0 Å². The Labute approximate surface area is 88.5 Å². The summed E-state index contributed by atoms with van der Waals surface area (Å²) in [6.07, 6.45) is 1.92. The Balaban J connectivity index is -0.0000000230. The highest BCUT2D eigenvalue weighted by molar-refractivity contribution is 4.69. The van der Waals surface area contributed by atoms with Gasteiger partial charge in [0.05, 0.1) is 0 Å². The molecule has 13 heavy (non-hydrogen) atoms. The highest BCUT2D eigenvalue weighted by atomic mass is 13.8. The lowest BCUT2D eigenvalue weighted by molar-refractivity contribution is 0.835. The molecule has 0 aliphatic carbocycles. The van der Waals surface area contributed by atoms with Gasteiger partial charge < -0.3 is 0 Å². The van der Waals surface area contributed by atoms with E-state index in [0.717, 1.165) is 0 Å². The van der Waals surface area contributed by atoms with Gasteiger partial charge in [0.15, 0.2) is 0 Å². The molecule has 0 bridgehead atoms. The number of rotatable bonds is 1. The topological polar surface area (TPSA) is 0 Å². The molecule has 86 valence electrons. The van der Waals surface area contributed by atoms with Crippen LogP contribution in [0.15, 0.2) is 12.7 Å². The Hall–Kier alpha value is -0.260. The van der Waals surface area contributed by atoms with Crippen molar-refractivity contribution in [1.29, 1.82) is 0 Å². The Kier molecular flexibility index (Phi) is 218. The minimum Gasteiger partial charge on any atom is -0.103 e. The van der Waals surface area contributed by atoms with E-state index in [2.05, 4.69) is 20.4 Å². The maximum Gasteiger partial charge on any atom is -0.0293 e. The number of hydrogen-bond donors (Lipinski definition) is 0. The second-order valence-corrected chi connectivity index (χ2v) is 1.48. The van der Waals surface area contributed by atoms with E-state index in [0.29, 0.717) is 5.92 Å². The molecular weight excluding hydrogens is 156 g/mol. The molecule has 0 unspecified atom stereocenters. The van der Waals surface area contributed by atoms with E-state index < -0.39 is 0 Å². The van der Waals surface area contributed by atoms with Crippen molar-refractivity contribution < 1.29 is 0 Å². The van der Waals surface area contributed by atoms with Crippen LogP contribution >= 0.6 is 0 Å². The molecule has 0 saturated heterocycles. The van der Waals surface area contributed by atoms with E-state index in [-0.39, 0.29) is 0 Å². The van der Waals surface area contributed by atoms with Crippen molar-refractivity contribution in [3.8, 4) is 0 Å². The van der Waals surface area contributed by atoms with Crippen molar-refractivity contribution in [2.45, 2.75) is 69.2 Å². The smallest absolute Gasteiger partial charge is 0.0293 e. The van der Waals surface area contributed by atoms with Gasteiger partial charge >= 0.3 is 0 Å². The minimum atomic E-state index is 0.648. The van der Waals surface area contributed by atoms with Gasteiger partial charge in [-0.05, 0) is 5.92 Å². The first kappa shape index (κ1) is 29.3. The first-order valence-electron chi connectivity index (χ1n) is 5.90. The maximum atomic E-state index is 3.56. The van der Waals surface area contributed by atoms with Gasteiger partial charge in [-0.3, -0.25) is 0 Å². The van der Waals surface area contributed by atoms with Crippen LogP contribution in [0.2, 0.25) is 0 Å². The normalized spacial score (nSPS) is 5.15. The molecule has 0 fully saturated rings. The summed E-state index contributed by atoms with van der Waals surface area (Å²) >= 11 is 0. The zero-order valence-electron chi connectivity index (χ0n) is 11.9. The predicted molar refractivity (Wildman–Crippen MR) is 70.4 cm³/mol. The van der Waals surface area contributed by atoms with E-state index in [1.165, 1.54) is 0 Å². The van der Waals surface area contributed by atoms with Crippen LogP contribution in [0.3, 0.4) is 0 Å². The van der Waals surface area contributed by atoms with Crippen LogP contribution in [0.25, 0.3) is 0 Å². The third kappa shape index (κ3) is 368. The summed E-state index contributed by atoms with van der Waals surface area (Å²) < 4.78 is 0. The summed E-state index contributed by atoms with van der Waals surface area (Å²) in [7, 11) is 0. The Morgan fingerprint density at radius 1 is 0.692 bits per heavy atom. The molecule has 0 atom stereocenters. The fourth-order valence-electron chi connectivity index (χ4n) is 0. The van der Waals surface area contributed by atoms with Crippen LogP contribution in [-0.2, 0) is 0 Å². The molecule has 0 nitrogen and oxygen atoms in total. The van der Waals surface area contributed by atoms with Gasteiger partial charge in [-0.25, -0.2) is 0 Å². The lowest BCUT2D eigenvalue weighted by atomic mass is 10.2. The van der Waals surface area contributed by atoms with E-state index in [1.54, 1.807) is 0 Å². The standard InChI is InChI=1S/C5H10.4C2H6/c1-4-5(2)3;4*1-2/h4-5H,1H2,2-3H3;4*1-2H3. The van der Waals surface area contributed by atoms with Gasteiger partial charge in [-0.1, -0.05) is 75.3 Å². The molecular formula is C13H34. The zero-order chi connectivity index (χ0) is 12.3. The first-order chi connectivity index (χ1) is 6.27. The fraction of sp³-hybridized carbons (Fsp3) is 0.846. The third-order valence-electron chi connectivity index (χ3n) is 0.471. The highest BCUT2D eigenvalue weighted by Crippen LogP contribution is 1.87. The SMILES string of the molecule is C=CC(C)C.CC.CC.CC.CC. The van der Waals surface area contributed by atoms with Crippen LogP contribution in [-0.4, -0.2) is 0 Å². The predicted octanol–water partition coefficient (Wildman–Crippen LogP) is 5.93. The summed E-state index contributed by atoms with van der Waals surface area (Å²) in [6.45, 7) is 23.8. The van der Waals surface area contributed by atoms with Gasteiger partial charge in [0.1, 0.15) is 0 Å². The van der Waals surface area contributed by atoms with Crippen molar-refractivity contribution in [3.63, 3.8) is 0 Å². The molecule has 0 aliphatic heterocycles. The summed E-state index contributed by atoms with van der Waals surface area (Å²) in [4.78, 5) is 0. The quantitative estimate of drug-likeness (QED) is 0.449. The molecule has 0 rings (SSSR count). The summed E-state index contributed by atoms with van der Waals surface area (Å²) in [5.41, 5.74) is 0. The summed E-state index contributed by atoms with van der Waals surface area (Å²) in [5, 5.41) is 0. The van der Waals surface area contributed by atoms with Crippen LogP contribution in [0, 0.1) is 5.92 Å². The maximum absolute atomic E-state index is 3.56.